The topological polar surface area (TPSA) is 93.3 Å². The van der Waals surface area contributed by atoms with Crippen LogP contribution in [-0.2, 0) is 17.8 Å². The molecule has 1 saturated heterocycles. The number of tetrazole rings is 1. The maximum absolute atomic E-state index is 13.0. The number of aromatic nitrogens is 5. The number of Topliss-reactive ketones (excluding diaryl/α,β-unsaturated/α-hetero) is 1. The Bertz CT molecular complexity index is 1140. The first-order chi connectivity index (χ1) is 15.6. The zero-order valence-corrected chi connectivity index (χ0v) is 18.9. The number of carbonyl (C=O) groups excluding carboxylic acids is 1. The molecule has 168 valence electrons. The summed E-state index contributed by atoms with van der Waals surface area (Å²) >= 11 is 1.36. The first-order valence-electron chi connectivity index (χ1n) is 10.7. The van der Waals surface area contributed by atoms with Gasteiger partial charge in [0.25, 0.3) is 0 Å². The molecule has 0 aliphatic carbocycles. The average Bonchev–Trinajstić information content (AvgIpc) is 3.58. The Morgan fingerprint density at radius 1 is 1.22 bits per heavy atom. The minimum atomic E-state index is 0.0618. The quantitative estimate of drug-likeness (QED) is 0.378. The van der Waals surface area contributed by atoms with Gasteiger partial charge in [-0.15, -0.1) is 5.10 Å². The molecule has 0 amide bonds. The largest absolute Gasteiger partial charge is 0.454 e. The van der Waals surface area contributed by atoms with Crippen molar-refractivity contribution in [3.05, 3.63) is 46.8 Å². The fourth-order valence-electron chi connectivity index (χ4n) is 4.15. The van der Waals surface area contributed by atoms with E-state index < -0.39 is 0 Å². The van der Waals surface area contributed by atoms with Gasteiger partial charge in [0.2, 0.25) is 11.9 Å². The van der Waals surface area contributed by atoms with Crippen LogP contribution < -0.4 is 9.47 Å². The van der Waals surface area contributed by atoms with Crippen molar-refractivity contribution in [1.29, 1.82) is 0 Å². The first kappa shape index (κ1) is 21.0. The van der Waals surface area contributed by atoms with E-state index in [2.05, 4.69) is 20.1 Å². The molecule has 2 aliphatic heterocycles. The second-order valence-corrected chi connectivity index (χ2v) is 8.99. The predicted octanol–water partition coefficient (Wildman–Crippen LogP) is 3.02. The third-order valence-electron chi connectivity index (χ3n) is 5.88. The van der Waals surface area contributed by atoms with Gasteiger partial charge in [-0.2, -0.15) is 0 Å². The van der Waals surface area contributed by atoms with Crippen LogP contribution in [0.15, 0.2) is 29.4 Å². The van der Waals surface area contributed by atoms with Crippen LogP contribution in [0.3, 0.4) is 0 Å². The van der Waals surface area contributed by atoms with E-state index in [0.717, 1.165) is 53.5 Å². The SMILES string of the molecule is Cc1cc(C(=O)CSc2nnnn2C[C@H]2CCCO2)c(C)n1Cc1ccc2c(c1)OCO2. The van der Waals surface area contributed by atoms with Gasteiger partial charge in [0, 0.05) is 30.1 Å². The predicted molar refractivity (Wildman–Crippen MR) is 117 cm³/mol. The van der Waals surface area contributed by atoms with Gasteiger partial charge in [0.15, 0.2) is 17.3 Å². The molecule has 1 atom stereocenters. The molecule has 2 aromatic heterocycles. The Kier molecular flexibility index (Phi) is 5.88. The lowest BCUT2D eigenvalue weighted by Gasteiger charge is -2.11. The van der Waals surface area contributed by atoms with Crippen molar-refractivity contribution in [2.45, 2.75) is 51.0 Å². The minimum Gasteiger partial charge on any atom is -0.454 e. The van der Waals surface area contributed by atoms with E-state index in [4.69, 9.17) is 14.2 Å². The summed E-state index contributed by atoms with van der Waals surface area (Å²) < 4.78 is 20.4. The van der Waals surface area contributed by atoms with Gasteiger partial charge in [0.05, 0.1) is 18.4 Å². The average molecular weight is 456 g/mol. The van der Waals surface area contributed by atoms with Crippen LogP contribution in [0.2, 0.25) is 0 Å². The molecule has 0 N–H and O–H groups in total. The van der Waals surface area contributed by atoms with Crippen molar-refractivity contribution in [3.8, 4) is 11.5 Å². The third kappa shape index (κ3) is 4.24. The van der Waals surface area contributed by atoms with Gasteiger partial charge < -0.3 is 18.8 Å². The lowest BCUT2D eigenvalue weighted by atomic mass is 10.1. The maximum Gasteiger partial charge on any atom is 0.231 e. The van der Waals surface area contributed by atoms with Gasteiger partial charge in [-0.05, 0) is 60.9 Å². The zero-order valence-electron chi connectivity index (χ0n) is 18.1. The van der Waals surface area contributed by atoms with E-state index in [0.29, 0.717) is 18.2 Å². The molecule has 10 heteroatoms. The minimum absolute atomic E-state index is 0.0618. The van der Waals surface area contributed by atoms with E-state index in [-0.39, 0.29) is 24.4 Å². The molecule has 0 spiro atoms. The van der Waals surface area contributed by atoms with Crippen molar-refractivity contribution >= 4 is 17.5 Å². The molecule has 5 rings (SSSR count). The van der Waals surface area contributed by atoms with Crippen molar-refractivity contribution in [2.24, 2.45) is 0 Å². The summed E-state index contributed by atoms with van der Waals surface area (Å²) in [5.41, 5.74) is 3.81. The number of carbonyl (C=O) groups is 1. The van der Waals surface area contributed by atoms with E-state index in [1.165, 1.54) is 11.8 Å². The molecule has 2 aliphatic rings. The molecule has 0 saturated carbocycles. The number of rotatable bonds is 8. The van der Waals surface area contributed by atoms with Crippen molar-refractivity contribution < 1.29 is 19.0 Å². The van der Waals surface area contributed by atoms with Gasteiger partial charge in [-0.25, -0.2) is 4.68 Å². The molecule has 1 aromatic carbocycles. The van der Waals surface area contributed by atoms with Gasteiger partial charge >= 0.3 is 0 Å². The lowest BCUT2D eigenvalue weighted by Crippen LogP contribution is -2.17. The smallest absolute Gasteiger partial charge is 0.231 e. The van der Waals surface area contributed by atoms with Crippen LogP contribution in [0.5, 0.6) is 11.5 Å². The normalized spacial score (nSPS) is 17.2. The molecule has 9 nitrogen and oxygen atoms in total. The van der Waals surface area contributed by atoms with Crippen LogP contribution in [0.1, 0.15) is 40.2 Å². The second kappa shape index (κ2) is 8.95. The Hall–Kier alpha value is -2.85. The Morgan fingerprint density at radius 3 is 2.94 bits per heavy atom. The molecule has 0 bridgehead atoms. The number of nitrogens with zero attached hydrogens (tertiary/aromatic N) is 5. The summed E-state index contributed by atoms with van der Waals surface area (Å²) in [6.07, 6.45) is 2.22. The van der Waals surface area contributed by atoms with Crippen LogP contribution in [0.4, 0.5) is 0 Å². The van der Waals surface area contributed by atoms with Crippen LogP contribution >= 0.6 is 11.8 Å². The standard InChI is InChI=1S/C22H25N5O4S/c1-14-8-18(15(2)26(14)10-16-5-6-20-21(9-16)31-13-30-20)19(28)12-32-22-23-24-25-27(22)11-17-4-3-7-29-17/h5-6,8-9,17H,3-4,7,10-13H2,1-2H3/t17-/m1/s1. The number of benzene rings is 1. The van der Waals surface area contributed by atoms with Gasteiger partial charge in [0.1, 0.15) is 0 Å². The molecule has 4 heterocycles. The molecule has 0 radical (unpaired) electrons. The van der Waals surface area contributed by atoms with E-state index in [1.807, 2.05) is 38.1 Å². The summed E-state index contributed by atoms with van der Waals surface area (Å²) in [5, 5.41) is 12.6. The number of hydrogen-bond acceptors (Lipinski definition) is 8. The summed E-state index contributed by atoms with van der Waals surface area (Å²) in [6.45, 7) is 6.33. The molecule has 3 aromatic rings. The van der Waals surface area contributed by atoms with E-state index in [1.54, 1.807) is 4.68 Å². The highest BCUT2D eigenvalue weighted by Gasteiger charge is 2.21. The van der Waals surface area contributed by atoms with Crippen LogP contribution in [0.25, 0.3) is 0 Å². The number of thioether (sulfide) groups is 1. The zero-order chi connectivity index (χ0) is 22.1. The summed E-state index contributed by atoms with van der Waals surface area (Å²) in [6, 6.07) is 7.90. The van der Waals surface area contributed by atoms with Crippen molar-refractivity contribution in [1.82, 2.24) is 24.8 Å². The van der Waals surface area contributed by atoms with Crippen LogP contribution in [0, 0.1) is 13.8 Å². The highest BCUT2D eigenvalue weighted by molar-refractivity contribution is 7.99. The molecule has 32 heavy (non-hydrogen) atoms. The first-order valence-corrected chi connectivity index (χ1v) is 11.7. The Balaban J connectivity index is 1.25. The summed E-state index contributed by atoms with van der Waals surface area (Å²) in [7, 11) is 0. The second-order valence-electron chi connectivity index (χ2n) is 8.05. The number of hydrogen-bond donors (Lipinski definition) is 0. The van der Waals surface area contributed by atoms with Gasteiger partial charge in [-0.3, -0.25) is 4.79 Å². The Labute approximate surface area is 190 Å². The third-order valence-corrected chi connectivity index (χ3v) is 6.84. The highest BCUT2D eigenvalue weighted by Crippen LogP contribution is 2.33. The fraction of sp³-hybridized carbons (Fsp3) is 0.455. The fourth-order valence-corrected chi connectivity index (χ4v) is 4.92. The van der Waals surface area contributed by atoms with Crippen molar-refractivity contribution in [2.75, 3.05) is 19.2 Å². The summed E-state index contributed by atoms with van der Waals surface area (Å²) in [4.78, 5) is 13.0. The highest BCUT2D eigenvalue weighted by atomic mass is 32.2. The number of aryl methyl sites for hydroxylation is 1. The molecular formula is C22H25N5O4S. The van der Waals surface area contributed by atoms with E-state index in [9.17, 15) is 4.79 Å². The van der Waals surface area contributed by atoms with Crippen molar-refractivity contribution in [3.63, 3.8) is 0 Å². The molecule has 1 fully saturated rings. The Morgan fingerprint density at radius 2 is 2.09 bits per heavy atom. The number of ether oxygens (including phenoxy) is 3. The molecule has 0 unspecified atom stereocenters. The number of ketones is 1. The summed E-state index contributed by atoms with van der Waals surface area (Å²) in [5.74, 6) is 1.87. The van der Waals surface area contributed by atoms with Crippen LogP contribution in [-0.4, -0.2) is 55.8 Å². The number of fused-ring (bicyclic) bond motifs is 1. The maximum atomic E-state index is 13.0. The van der Waals surface area contributed by atoms with Gasteiger partial charge in [-0.1, -0.05) is 17.8 Å². The lowest BCUT2D eigenvalue weighted by molar-refractivity contribution is 0.0912. The monoisotopic (exact) mass is 455 g/mol. The van der Waals surface area contributed by atoms with E-state index >= 15 is 0 Å². The molecular weight excluding hydrogens is 430 g/mol.